The van der Waals surface area contributed by atoms with Crippen LogP contribution < -0.4 is 10.1 Å². The lowest BCUT2D eigenvalue weighted by atomic mass is 10.2. The standard InChI is InChI=1S/C15H23NO3/c1-3-11-16-14(15(17)18-4-2)10-12-19-13-8-6-5-7-9-13/h5-9,14,16H,3-4,10-12H2,1-2H3. The van der Waals surface area contributed by atoms with Crippen LogP contribution in [-0.4, -0.2) is 31.8 Å². The molecule has 0 aliphatic rings. The molecule has 1 rings (SSSR count). The van der Waals surface area contributed by atoms with Crippen molar-refractivity contribution in [2.75, 3.05) is 19.8 Å². The van der Waals surface area contributed by atoms with Gasteiger partial charge in [0.15, 0.2) is 0 Å². The Morgan fingerprint density at radius 2 is 2.00 bits per heavy atom. The van der Waals surface area contributed by atoms with Gasteiger partial charge in [-0.1, -0.05) is 25.1 Å². The van der Waals surface area contributed by atoms with Crippen LogP contribution in [-0.2, 0) is 9.53 Å². The zero-order chi connectivity index (χ0) is 13.9. The smallest absolute Gasteiger partial charge is 0.323 e. The number of para-hydroxylation sites is 1. The number of carbonyl (C=O) groups is 1. The molecule has 0 aliphatic carbocycles. The Morgan fingerprint density at radius 3 is 2.63 bits per heavy atom. The first kappa shape index (κ1) is 15.5. The Balaban J connectivity index is 2.37. The van der Waals surface area contributed by atoms with Crippen LogP contribution in [0.25, 0.3) is 0 Å². The fourth-order valence-corrected chi connectivity index (χ4v) is 1.68. The van der Waals surface area contributed by atoms with Gasteiger partial charge >= 0.3 is 5.97 Å². The third-order valence-electron chi connectivity index (χ3n) is 2.63. The molecular formula is C15H23NO3. The summed E-state index contributed by atoms with van der Waals surface area (Å²) < 4.78 is 10.6. The summed E-state index contributed by atoms with van der Waals surface area (Å²) in [6.07, 6.45) is 1.59. The summed E-state index contributed by atoms with van der Waals surface area (Å²) in [5, 5.41) is 3.19. The topological polar surface area (TPSA) is 47.6 Å². The first-order valence-electron chi connectivity index (χ1n) is 6.85. The molecule has 4 heteroatoms. The van der Waals surface area contributed by atoms with Crippen molar-refractivity contribution in [3.8, 4) is 5.75 Å². The molecule has 1 N–H and O–H groups in total. The highest BCUT2D eigenvalue weighted by molar-refractivity contribution is 5.75. The maximum atomic E-state index is 11.8. The van der Waals surface area contributed by atoms with Crippen LogP contribution in [0.15, 0.2) is 30.3 Å². The van der Waals surface area contributed by atoms with Gasteiger partial charge in [0.2, 0.25) is 0 Å². The molecule has 1 unspecified atom stereocenters. The second-order valence-electron chi connectivity index (χ2n) is 4.21. The fraction of sp³-hybridized carbons (Fsp3) is 0.533. The number of benzene rings is 1. The van der Waals surface area contributed by atoms with Crippen molar-refractivity contribution in [3.05, 3.63) is 30.3 Å². The van der Waals surface area contributed by atoms with Gasteiger partial charge < -0.3 is 14.8 Å². The fourth-order valence-electron chi connectivity index (χ4n) is 1.68. The maximum absolute atomic E-state index is 11.8. The van der Waals surface area contributed by atoms with Crippen LogP contribution in [0.3, 0.4) is 0 Å². The molecule has 0 radical (unpaired) electrons. The maximum Gasteiger partial charge on any atom is 0.323 e. The van der Waals surface area contributed by atoms with E-state index in [9.17, 15) is 4.79 Å². The minimum absolute atomic E-state index is 0.201. The van der Waals surface area contributed by atoms with Crippen molar-refractivity contribution in [2.45, 2.75) is 32.7 Å². The molecule has 0 saturated heterocycles. The molecule has 0 amide bonds. The van der Waals surface area contributed by atoms with Gasteiger partial charge in [-0.05, 0) is 32.0 Å². The quantitative estimate of drug-likeness (QED) is 0.696. The Morgan fingerprint density at radius 1 is 1.26 bits per heavy atom. The Labute approximate surface area is 115 Å². The highest BCUT2D eigenvalue weighted by Gasteiger charge is 2.18. The van der Waals surface area contributed by atoms with E-state index in [0.29, 0.717) is 19.6 Å². The molecule has 0 aliphatic heterocycles. The summed E-state index contributed by atoms with van der Waals surface area (Å²) in [5.74, 6) is 0.619. The van der Waals surface area contributed by atoms with E-state index in [1.165, 1.54) is 0 Å². The number of esters is 1. The molecule has 0 fully saturated rings. The van der Waals surface area contributed by atoms with Crippen LogP contribution in [0.1, 0.15) is 26.7 Å². The zero-order valence-electron chi connectivity index (χ0n) is 11.7. The molecule has 0 aromatic heterocycles. The summed E-state index contributed by atoms with van der Waals surface area (Å²) in [4.78, 5) is 11.8. The van der Waals surface area contributed by atoms with E-state index in [1.54, 1.807) is 0 Å². The predicted octanol–water partition coefficient (Wildman–Crippen LogP) is 2.39. The predicted molar refractivity (Wildman–Crippen MR) is 75.3 cm³/mol. The van der Waals surface area contributed by atoms with E-state index in [1.807, 2.05) is 37.3 Å². The van der Waals surface area contributed by atoms with Crippen molar-refractivity contribution < 1.29 is 14.3 Å². The van der Waals surface area contributed by atoms with E-state index in [2.05, 4.69) is 12.2 Å². The number of rotatable bonds is 9. The van der Waals surface area contributed by atoms with Gasteiger partial charge in [0.05, 0.1) is 13.2 Å². The Hall–Kier alpha value is -1.55. The number of ether oxygens (including phenoxy) is 2. The molecule has 1 aromatic rings. The van der Waals surface area contributed by atoms with Crippen LogP contribution in [0.4, 0.5) is 0 Å². The van der Waals surface area contributed by atoms with Crippen LogP contribution >= 0.6 is 0 Å². The molecule has 4 nitrogen and oxygen atoms in total. The number of carbonyl (C=O) groups excluding carboxylic acids is 1. The van der Waals surface area contributed by atoms with Gasteiger partial charge in [-0.3, -0.25) is 4.79 Å². The molecule has 19 heavy (non-hydrogen) atoms. The largest absolute Gasteiger partial charge is 0.494 e. The number of hydrogen-bond acceptors (Lipinski definition) is 4. The normalized spacial score (nSPS) is 11.9. The Kier molecular flexibility index (Phi) is 7.66. The highest BCUT2D eigenvalue weighted by atomic mass is 16.5. The first-order valence-corrected chi connectivity index (χ1v) is 6.85. The van der Waals surface area contributed by atoms with Crippen LogP contribution in [0, 0.1) is 0 Å². The van der Waals surface area contributed by atoms with Crippen molar-refractivity contribution in [3.63, 3.8) is 0 Å². The average molecular weight is 265 g/mol. The van der Waals surface area contributed by atoms with Gasteiger partial charge in [-0.15, -0.1) is 0 Å². The molecule has 0 spiro atoms. The molecule has 0 bridgehead atoms. The van der Waals surface area contributed by atoms with Crippen molar-refractivity contribution >= 4 is 5.97 Å². The number of nitrogens with one attached hydrogen (secondary N) is 1. The number of hydrogen-bond donors (Lipinski definition) is 1. The summed E-state index contributed by atoms with van der Waals surface area (Å²) in [7, 11) is 0. The van der Waals surface area contributed by atoms with Gasteiger partial charge in [0.25, 0.3) is 0 Å². The molecule has 0 heterocycles. The van der Waals surface area contributed by atoms with Gasteiger partial charge in [0, 0.05) is 6.42 Å². The molecule has 1 aromatic carbocycles. The van der Waals surface area contributed by atoms with Gasteiger partial charge in [-0.2, -0.15) is 0 Å². The molecule has 106 valence electrons. The molecular weight excluding hydrogens is 242 g/mol. The van der Waals surface area contributed by atoms with Gasteiger partial charge in [-0.25, -0.2) is 0 Å². The lowest BCUT2D eigenvalue weighted by Crippen LogP contribution is -2.39. The summed E-state index contributed by atoms with van der Waals surface area (Å²) in [6, 6.07) is 9.30. The minimum atomic E-state index is -0.288. The second kappa shape index (κ2) is 9.39. The Bertz CT molecular complexity index is 354. The summed E-state index contributed by atoms with van der Waals surface area (Å²) >= 11 is 0. The zero-order valence-corrected chi connectivity index (χ0v) is 11.7. The first-order chi connectivity index (χ1) is 9.27. The van der Waals surface area contributed by atoms with Crippen LogP contribution in [0.5, 0.6) is 5.75 Å². The van der Waals surface area contributed by atoms with E-state index in [4.69, 9.17) is 9.47 Å². The lowest BCUT2D eigenvalue weighted by Gasteiger charge is -2.17. The van der Waals surface area contributed by atoms with E-state index >= 15 is 0 Å². The third kappa shape index (κ3) is 6.25. The summed E-state index contributed by atoms with van der Waals surface area (Å²) in [5.41, 5.74) is 0. The van der Waals surface area contributed by atoms with Crippen molar-refractivity contribution in [2.24, 2.45) is 0 Å². The second-order valence-corrected chi connectivity index (χ2v) is 4.21. The lowest BCUT2D eigenvalue weighted by molar-refractivity contribution is -0.146. The minimum Gasteiger partial charge on any atom is -0.494 e. The highest BCUT2D eigenvalue weighted by Crippen LogP contribution is 2.09. The molecule has 1 atom stereocenters. The van der Waals surface area contributed by atoms with Crippen molar-refractivity contribution in [1.29, 1.82) is 0 Å². The SMILES string of the molecule is CCCNC(CCOc1ccccc1)C(=O)OCC. The van der Waals surface area contributed by atoms with E-state index in [0.717, 1.165) is 18.7 Å². The van der Waals surface area contributed by atoms with Crippen LogP contribution in [0.2, 0.25) is 0 Å². The van der Waals surface area contributed by atoms with Gasteiger partial charge in [0.1, 0.15) is 11.8 Å². The monoisotopic (exact) mass is 265 g/mol. The van der Waals surface area contributed by atoms with E-state index in [-0.39, 0.29) is 12.0 Å². The van der Waals surface area contributed by atoms with E-state index < -0.39 is 0 Å². The third-order valence-corrected chi connectivity index (χ3v) is 2.63. The molecule has 0 saturated carbocycles. The summed E-state index contributed by atoms with van der Waals surface area (Å²) in [6.45, 7) is 5.58. The van der Waals surface area contributed by atoms with Crippen molar-refractivity contribution in [1.82, 2.24) is 5.32 Å². The average Bonchev–Trinajstić information content (AvgIpc) is 2.44.